The van der Waals surface area contributed by atoms with Gasteiger partial charge in [0.2, 0.25) is 0 Å². The van der Waals surface area contributed by atoms with Crippen molar-refractivity contribution in [2.75, 3.05) is 0 Å². The molecule has 1 amide bonds. The molecule has 90 valence electrons. The Bertz CT molecular complexity index is 482. The third-order valence-electron chi connectivity index (χ3n) is 2.52. The molecule has 0 bridgehead atoms. The maximum atomic E-state index is 11.9. The quantitative estimate of drug-likeness (QED) is 0.915. The second kappa shape index (κ2) is 5.39. The third-order valence-corrected chi connectivity index (χ3v) is 3.08. The molecule has 0 saturated carbocycles. The minimum atomic E-state index is -0.900. The topological polar surface area (TPSA) is 52.9 Å². The summed E-state index contributed by atoms with van der Waals surface area (Å²) in [6.07, 6.45) is 0.507. The van der Waals surface area contributed by atoms with Gasteiger partial charge in [0.25, 0.3) is 5.91 Å². The Kier molecular flexibility index (Phi) is 4.39. The number of hydrogen-bond donors (Lipinski definition) is 1. The summed E-state index contributed by atoms with van der Waals surface area (Å²) >= 11 is 11.7. The Labute approximate surface area is 110 Å². The number of hydrogen-bond acceptors (Lipinski definition) is 2. The normalized spacial score (nSPS) is 13.6. The Hall–Kier alpha value is -1.24. The number of carbonyl (C=O) groups excluding carboxylic acids is 1. The molecule has 0 spiro atoms. The van der Waals surface area contributed by atoms with E-state index < -0.39 is 11.4 Å². The lowest BCUT2D eigenvalue weighted by molar-refractivity contribution is 0.0923. The van der Waals surface area contributed by atoms with Crippen LogP contribution in [0.4, 0.5) is 0 Å². The first kappa shape index (κ1) is 13.8. The standard InChI is InChI=1S/C12H12Cl2N2O/c1-3-12(2,7-15)16-11(17)9-6-8(13)4-5-10(9)14/h4-6H,3H2,1-2H3,(H,16,17). The summed E-state index contributed by atoms with van der Waals surface area (Å²) in [4.78, 5) is 11.9. The van der Waals surface area contributed by atoms with Crippen molar-refractivity contribution in [3.8, 4) is 6.07 Å². The van der Waals surface area contributed by atoms with Crippen LogP contribution in [0.1, 0.15) is 30.6 Å². The average molecular weight is 271 g/mol. The van der Waals surface area contributed by atoms with Crippen LogP contribution >= 0.6 is 23.2 Å². The molecule has 1 N–H and O–H groups in total. The molecule has 1 atom stereocenters. The maximum Gasteiger partial charge on any atom is 0.254 e. The monoisotopic (exact) mass is 270 g/mol. The largest absolute Gasteiger partial charge is 0.334 e. The number of nitrogens with zero attached hydrogens (tertiary/aromatic N) is 1. The minimum Gasteiger partial charge on any atom is -0.334 e. The van der Waals surface area contributed by atoms with Crippen molar-refractivity contribution in [3.63, 3.8) is 0 Å². The lowest BCUT2D eigenvalue weighted by Crippen LogP contribution is -2.44. The first-order chi connectivity index (χ1) is 7.91. The Morgan fingerprint density at radius 3 is 2.71 bits per heavy atom. The number of carbonyl (C=O) groups is 1. The molecule has 0 aliphatic carbocycles. The number of benzene rings is 1. The van der Waals surface area contributed by atoms with Gasteiger partial charge < -0.3 is 5.32 Å². The Morgan fingerprint density at radius 2 is 2.18 bits per heavy atom. The fraction of sp³-hybridized carbons (Fsp3) is 0.333. The molecule has 0 aliphatic heterocycles. The molecule has 0 aromatic heterocycles. The summed E-state index contributed by atoms with van der Waals surface area (Å²) in [5.74, 6) is -0.400. The molecule has 1 aromatic rings. The van der Waals surface area contributed by atoms with Crippen molar-refractivity contribution in [2.45, 2.75) is 25.8 Å². The zero-order valence-corrected chi connectivity index (χ0v) is 11.1. The van der Waals surface area contributed by atoms with Gasteiger partial charge in [0.05, 0.1) is 16.7 Å². The van der Waals surface area contributed by atoms with Crippen molar-refractivity contribution >= 4 is 29.1 Å². The van der Waals surface area contributed by atoms with Gasteiger partial charge in [-0.3, -0.25) is 4.79 Å². The van der Waals surface area contributed by atoms with Crippen LogP contribution in [0.15, 0.2) is 18.2 Å². The predicted molar refractivity (Wildman–Crippen MR) is 68.2 cm³/mol. The van der Waals surface area contributed by atoms with E-state index in [2.05, 4.69) is 11.4 Å². The summed E-state index contributed by atoms with van der Waals surface area (Å²) in [6, 6.07) is 6.68. The van der Waals surface area contributed by atoms with Gasteiger partial charge in [-0.25, -0.2) is 0 Å². The Morgan fingerprint density at radius 1 is 1.53 bits per heavy atom. The summed E-state index contributed by atoms with van der Waals surface area (Å²) in [6.45, 7) is 3.48. The van der Waals surface area contributed by atoms with E-state index in [0.717, 1.165) is 0 Å². The van der Waals surface area contributed by atoms with Crippen LogP contribution in [0.2, 0.25) is 10.0 Å². The molecule has 5 heteroatoms. The highest BCUT2D eigenvalue weighted by Crippen LogP contribution is 2.21. The molecule has 0 saturated heterocycles. The van der Waals surface area contributed by atoms with Crippen molar-refractivity contribution < 1.29 is 4.79 Å². The zero-order valence-electron chi connectivity index (χ0n) is 9.55. The van der Waals surface area contributed by atoms with E-state index in [-0.39, 0.29) is 5.56 Å². The highest BCUT2D eigenvalue weighted by molar-refractivity contribution is 6.35. The number of halogens is 2. The second-order valence-electron chi connectivity index (χ2n) is 3.88. The van der Waals surface area contributed by atoms with E-state index in [1.807, 2.05) is 6.92 Å². The third kappa shape index (κ3) is 3.36. The van der Waals surface area contributed by atoms with E-state index in [9.17, 15) is 4.79 Å². The molecule has 1 unspecified atom stereocenters. The molecule has 3 nitrogen and oxygen atoms in total. The summed E-state index contributed by atoms with van der Waals surface area (Å²) < 4.78 is 0. The predicted octanol–water partition coefficient (Wildman–Crippen LogP) is 3.42. The molecule has 1 aromatic carbocycles. The number of amides is 1. The van der Waals surface area contributed by atoms with E-state index >= 15 is 0 Å². The van der Waals surface area contributed by atoms with Crippen LogP contribution in [0.3, 0.4) is 0 Å². The van der Waals surface area contributed by atoms with E-state index in [4.69, 9.17) is 28.5 Å². The smallest absolute Gasteiger partial charge is 0.254 e. The van der Waals surface area contributed by atoms with E-state index in [1.54, 1.807) is 19.1 Å². The van der Waals surface area contributed by atoms with Gasteiger partial charge in [-0.2, -0.15) is 5.26 Å². The first-order valence-corrected chi connectivity index (χ1v) is 5.86. The lowest BCUT2D eigenvalue weighted by atomic mass is 10.0. The van der Waals surface area contributed by atoms with Gasteiger partial charge in [-0.05, 0) is 31.5 Å². The fourth-order valence-corrected chi connectivity index (χ4v) is 1.56. The molecular formula is C12H12Cl2N2O. The van der Waals surface area contributed by atoms with Gasteiger partial charge in [0.15, 0.2) is 0 Å². The molecular weight excluding hydrogens is 259 g/mol. The fourth-order valence-electron chi connectivity index (χ4n) is 1.18. The number of nitriles is 1. The zero-order chi connectivity index (χ0) is 13.1. The molecule has 0 fully saturated rings. The van der Waals surface area contributed by atoms with Crippen molar-refractivity contribution in [1.29, 1.82) is 5.26 Å². The number of rotatable bonds is 3. The van der Waals surface area contributed by atoms with Crippen molar-refractivity contribution in [1.82, 2.24) is 5.32 Å². The average Bonchev–Trinajstić information content (AvgIpc) is 2.32. The van der Waals surface area contributed by atoms with Crippen LogP contribution in [-0.4, -0.2) is 11.4 Å². The highest BCUT2D eigenvalue weighted by Gasteiger charge is 2.25. The van der Waals surface area contributed by atoms with Crippen LogP contribution in [0, 0.1) is 11.3 Å². The minimum absolute atomic E-state index is 0.272. The van der Waals surface area contributed by atoms with Gasteiger partial charge >= 0.3 is 0 Å². The molecule has 1 rings (SSSR count). The van der Waals surface area contributed by atoms with E-state index in [1.165, 1.54) is 6.07 Å². The van der Waals surface area contributed by atoms with Crippen LogP contribution in [-0.2, 0) is 0 Å². The molecule has 0 radical (unpaired) electrons. The van der Waals surface area contributed by atoms with Crippen LogP contribution in [0.25, 0.3) is 0 Å². The van der Waals surface area contributed by atoms with E-state index in [0.29, 0.717) is 16.5 Å². The Balaban J connectivity index is 2.99. The van der Waals surface area contributed by atoms with Gasteiger partial charge in [0, 0.05) is 5.02 Å². The van der Waals surface area contributed by atoms with Gasteiger partial charge in [-0.15, -0.1) is 0 Å². The molecule has 0 heterocycles. The number of nitrogens with one attached hydrogen (secondary N) is 1. The maximum absolute atomic E-state index is 11.9. The summed E-state index contributed by atoms with van der Waals surface area (Å²) in [7, 11) is 0. The van der Waals surface area contributed by atoms with Crippen LogP contribution in [0.5, 0.6) is 0 Å². The highest BCUT2D eigenvalue weighted by atomic mass is 35.5. The summed E-state index contributed by atoms with van der Waals surface area (Å²) in [5, 5.41) is 12.3. The van der Waals surface area contributed by atoms with Gasteiger partial charge in [0.1, 0.15) is 5.54 Å². The SMILES string of the molecule is CCC(C)(C#N)NC(=O)c1cc(Cl)ccc1Cl. The van der Waals surface area contributed by atoms with Gasteiger partial charge in [-0.1, -0.05) is 30.1 Å². The molecule has 0 aliphatic rings. The van der Waals surface area contributed by atoms with Crippen molar-refractivity contribution in [3.05, 3.63) is 33.8 Å². The van der Waals surface area contributed by atoms with Crippen molar-refractivity contribution in [2.24, 2.45) is 0 Å². The summed E-state index contributed by atoms with van der Waals surface area (Å²) in [5.41, 5.74) is -0.628. The lowest BCUT2D eigenvalue weighted by Gasteiger charge is -2.21. The first-order valence-electron chi connectivity index (χ1n) is 5.10. The second-order valence-corrected chi connectivity index (χ2v) is 4.72. The van der Waals surface area contributed by atoms with Crippen LogP contribution < -0.4 is 5.32 Å². The molecule has 17 heavy (non-hydrogen) atoms.